The van der Waals surface area contributed by atoms with Gasteiger partial charge < -0.3 is 11.1 Å². The van der Waals surface area contributed by atoms with Crippen LogP contribution < -0.4 is 11.1 Å². The van der Waals surface area contributed by atoms with Gasteiger partial charge in [-0.1, -0.05) is 0 Å². The molecule has 1 amide bonds. The third-order valence-electron chi connectivity index (χ3n) is 4.64. The van der Waals surface area contributed by atoms with Crippen molar-refractivity contribution < 1.29 is 4.79 Å². The van der Waals surface area contributed by atoms with E-state index in [0.717, 1.165) is 52.5 Å². The standard InChI is InChI=1S/C18H17N5O/c1-11-2-5-20-8-13(11)15-6-12-7-16(18(3-4-18)22-10-24)21-9-14(12)17(19)23-15/h2,5-10H,3-4H2,1H3,(H2,19,23)(H,22,24). The average Bonchev–Trinajstić information content (AvgIpc) is 3.36. The van der Waals surface area contributed by atoms with Gasteiger partial charge >= 0.3 is 0 Å². The normalized spacial score (nSPS) is 15.2. The van der Waals surface area contributed by atoms with Gasteiger partial charge in [0.2, 0.25) is 6.41 Å². The summed E-state index contributed by atoms with van der Waals surface area (Å²) in [6.07, 6.45) is 7.83. The first-order chi connectivity index (χ1) is 11.6. The van der Waals surface area contributed by atoms with Crippen LogP contribution in [0.1, 0.15) is 24.1 Å². The highest BCUT2D eigenvalue weighted by molar-refractivity contribution is 5.93. The minimum Gasteiger partial charge on any atom is -0.383 e. The molecule has 0 saturated heterocycles. The van der Waals surface area contributed by atoms with Crippen LogP contribution >= 0.6 is 0 Å². The number of carbonyl (C=O) groups is 1. The number of nitrogens with one attached hydrogen (secondary N) is 1. The molecule has 3 heterocycles. The molecule has 6 heteroatoms. The Morgan fingerprint density at radius 2 is 2.12 bits per heavy atom. The number of nitrogens with zero attached hydrogens (tertiary/aromatic N) is 3. The number of hydrogen-bond acceptors (Lipinski definition) is 5. The monoisotopic (exact) mass is 319 g/mol. The smallest absolute Gasteiger partial charge is 0.207 e. The fraction of sp³-hybridized carbons (Fsp3) is 0.222. The molecule has 6 nitrogen and oxygen atoms in total. The van der Waals surface area contributed by atoms with Crippen molar-refractivity contribution in [2.45, 2.75) is 25.3 Å². The van der Waals surface area contributed by atoms with E-state index in [0.29, 0.717) is 5.82 Å². The Kier molecular flexibility index (Phi) is 3.19. The van der Waals surface area contributed by atoms with Crippen molar-refractivity contribution in [2.24, 2.45) is 0 Å². The van der Waals surface area contributed by atoms with Crippen molar-refractivity contribution in [3.63, 3.8) is 0 Å². The molecule has 0 radical (unpaired) electrons. The second-order valence-corrected chi connectivity index (χ2v) is 6.22. The van der Waals surface area contributed by atoms with Crippen molar-refractivity contribution in [1.82, 2.24) is 20.3 Å². The molecule has 3 N–H and O–H groups in total. The summed E-state index contributed by atoms with van der Waals surface area (Å²) >= 11 is 0. The predicted molar refractivity (Wildman–Crippen MR) is 92.0 cm³/mol. The topological polar surface area (TPSA) is 93.8 Å². The van der Waals surface area contributed by atoms with E-state index in [1.165, 1.54) is 0 Å². The van der Waals surface area contributed by atoms with Gasteiger partial charge in [0.1, 0.15) is 5.82 Å². The zero-order valence-electron chi connectivity index (χ0n) is 13.3. The van der Waals surface area contributed by atoms with Crippen LogP contribution in [-0.2, 0) is 10.3 Å². The zero-order chi connectivity index (χ0) is 16.7. The summed E-state index contributed by atoms with van der Waals surface area (Å²) in [7, 11) is 0. The van der Waals surface area contributed by atoms with E-state index in [1.807, 2.05) is 25.1 Å². The van der Waals surface area contributed by atoms with Crippen molar-refractivity contribution in [3.8, 4) is 11.3 Å². The SMILES string of the molecule is Cc1ccncc1-c1cc2cc(C3(NC=O)CC3)ncc2c(N)n1. The summed E-state index contributed by atoms with van der Waals surface area (Å²) < 4.78 is 0. The molecule has 0 bridgehead atoms. The summed E-state index contributed by atoms with van der Waals surface area (Å²) in [6, 6.07) is 5.94. The third-order valence-corrected chi connectivity index (χ3v) is 4.64. The molecule has 1 saturated carbocycles. The molecule has 3 aromatic rings. The van der Waals surface area contributed by atoms with E-state index in [-0.39, 0.29) is 5.54 Å². The number of aryl methyl sites for hydroxylation is 1. The second kappa shape index (κ2) is 5.26. The molecular formula is C18H17N5O. The average molecular weight is 319 g/mol. The molecule has 1 fully saturated rings. The largest absolute Gasteiger partial charge is 0.383 e. The van der Waals surface area contributed by atoms with Crippen molar-refractivity contribution in [2.75, 3.05) is 5.73 Å². The maximum atomic E-state index is 10.9. The molecule has 4 rings (SSSR count). The Balaban J connectivity index is 1.87. The van der Waals surface area contributed by atoms with Crippen LogP contribution in [0.4, 0.5) is 5.82 Å². The van der Waals surface area contributed by atoms with Crippen LogP contribution in [0.15, 0.2) is 36.8 Å². The summed E-state index contributed by atoms with van der Waals surface area (Å²) in [4.78, 5) is 24.0. The van der Waals surface area contributed by atoms with Crippen molar-refractivity contribution in [3.05, 3.63) is 48.0 Å². The van der Waals surface area contributed by atoms with E-state index in [1.54, 1.807) is 18.6 Å². The number of pyridine rings is 3. The molecule has 120 valence electrons. The van der Waals surface area contributed by atoms with Gasteiger partial charge in [0, 0.05) is 29.5 Å². The number of anilines is 1. The summed E-state index contributed by atoms with van der Waals surface area (Å²) in [5, 5.41) is 4.66. The Hall–Kier alpha value is -3.02. The summed E-state index contributed by atoms with van der Waals surface area (Å²) in [5.41, 5.74) is 9.51. The zero-order valence-corrected chi connectivity index (χ0v) is 13.3. The molecule has 0 aromatic carbocycles. The first-order valence-electron chi connectivity index (χ1n) is 7.82. The van der Waals surface area contributed by atoms with Crippen LogP contribution in [0.3, 0.4) is 0 Å². The third kappa shape index (κ3) is 2.27. The van der Waals surface area contributed by atoms with Gasteiger partial charge in [0.05, 0.1) is 16.9 Å². The highest BCUT2D eigenvalue weighted by Gasteiger charge is 2.45. The predicted octanol–water partition coefficient (Wildman–Crippen LogP) is 2.32. The van der Waals surface area contributed by atoms with Crippen molar-refractivity contribution in [1.29, 1.82) is 0 Å². The Morgan fingerprint density at radius 3 is 2.83 bits per heavy atom. The van der Waals surface area contributed by atoms with E-state index in [4.69, 9.17) is 5.73 Å². The maximum Gasteiger partial charge on any atom is 0.207 e. The van der Waals surface area contributed by atoms with Gasteiger partial charge in [0.15, 0.2) is 0 Å². The molecule has 0 aliphatic heterocycles. The molecule has 0 unspecified atom stereocenters. The molecule has 0 spiro atoms. The number of amides is 1. The number of nitrogens with two attached hydrogens (primary N) is 1. The van der Waals surface area contributed by atoms with Gasteiger partial charge in [-0.15, -0.1) is 0 Å². The maximum absolute atomic E-state index is 10.9. The number of fused-ring (bicyclic) bond motifs is 1. The Bertz CT molecular complexity index is 949. The fourth-order valence-electron chi connectivity index (χ4n) is 3.02. The van der Waals surface area contributed by atoms with Crippen molar-refractivity contribution >= 4 is 23.0 Å². The summed E-state index contributed by atoms with van der Waals surface area (Å²) in [6.45, 7) is 2.02. The van der Waals surface area contributed by atoms with Crippen LogP contribution in [0, 0.1) is 6.92 Å². The number of aromatic nitrogens is 3. The quantitative estimate of drug-likeness (QED) is 0.720. The van der Waals surface area contributed by atoms with Crippen LogP contribution in [0.2, 0.25) is 0 Å². The van der Waals surface area contributed by atoms with Crippen LogP contribution in [0.5, 0.6) is 0 Å². The molecular weight excluding hydrogens is 302 g/mol. The van der Waals surface area contributed by atoms with Crippen LogP contribution in [-0.4, -0.2) is 21.4 Å². The summed E-state index contributed by atoms with van der Waals surface area (Å²) in [5.74, 6) is 0.443. The van der Waals surface area contributed by atoms with Crippen LogP contribution in [0.25, 0.3) is 22.0 Å². The first kappa shape index (κ1) is 14.6. The van der Waals surface area contributed by atoms with E-state index in [2.05, 4.69) is 20.3 Å². The van der Waals surface area contributed by atoms with E-state index < -0.39 is 0 Å². The highest BCUT2D eigenvalue weighted by Crippen LogP contribution is 2.45. The second-order valence-electron chi connectivity index (χ2n) is 6.22. The lowest BCUT2D eigenvalue weighted by atomic mass is 10.0. The van der Waals surface area contributed by atoms with Gasteiger partial charge in [-0.2, -0.15) is 0 Å². The minimum absolute atomic E-state index is 0.321. The lowest BCUT2D eigenvalue weighted by Gasteiger charge is -2.15. The van der Waals surface area contributed by atoms with Gasteiger partial charge in [0.25, 0.3) is 0 Å². The molecule has 1 aliphatic carbocycles. The lowest BCUT2D eigenvalue weighted by molar-refractivity contribution is -0.110. The van der Waals surface area contributed by atoms with E-state index in [9.17, 15) is 4.79 Å². The lowest BCUT2D eigenvalue weighted by Crippen LogP contribution is -2.28. The number of rotatable bonds is 4. The molecule has 0 atom stereocenters. The number of hydrogen-bond donors (Lipinski definition) is 2. The Labute approximate surface area is 139 Å². The molecule has 24 heavy (non-hydrogen) atoms. The molecule has 1 aliphatic rings. The van der Waals surface area contributed by atoms with Gasteiger partial charge in [-0.25, -0.2) is 4.98 Å². The van der Waals surface area contributed by atoms with E-state index >= 15 is 0 Å². The highest BCUT2D eigenvalue weighted by atomic mass is 16.1. The number of nitrogen functional groups attached to an aromatic ring is 1. The Morgan fingerprint density at radius 1 is 1.29 bits per heavy atom. The minimum atomic E-state index is -0.321. The van der Waals surface area contributed by atoms with Gasteiger partial charge in [-0.3, -0.25) is 14.8 Å². The van der Waals surface area contributed by atoms with Gasteiger partial charge in [-0.05, 0) is 48.9 Å². The fourth-order valence-corrected chi connectivity index (χ4v) is 3.02. The number of carbonyl (C=O) groups excluding carboxylic acids is 1. The molecule has 3 aromatic heterocycles. The first-order valence-corrected chi connectivity index (χ1v) is 7.82.